The van der Waals surface area contributed by atoms with Gasteiger partial charge in [-0.3, -0.25) is 9.59 Å². The number of halogens is 1. The second-order valence-electron chi connectivity index (χ2n) is 5.62. The van der Waals surface area contributed by atoms with E-state index in [0.29, 0.717) is 23.6 Å². The minimum Gasteiger partial charge on any atom is -0.454 e. The Morgan fingerprint density at radius 2 is 1.96 bits per heavy atom. The molecule has 8 heteroatoms. The second-order valence-corrected chi connectivity index (χ2v) is 6.87. The number of aliphatic hydroxyl groups is 1. The topological polar surface area (TPSA) is 96.9 Å². The van der Waals surface area contributed by atoms with Crippen molar-refractivity contribution in [2.75, 3.05) is 13.4 Å². The van der Waals surface area contributed by atoms with Crippen LogP contribution in [0.1, 0.15) is 15.9 Å². The summed E-state index contributed by atoms with van der Waals surface area (Å²) in [4.78, 5) is 24.6. The van der Waals surface area contributed by atoms with Crippen LogP contribution in [0.2, 0.25) is 0 Å². The summed E-state index contributed by atoms with van der Waals surface area (Å²) in [6.45, 7) is -0.0823. The highest BCUT2D eigenvalue weighted by molar-refractivity contribution is 14.1. The van der Waals surface area contributed by atoms with Crippen LogP contribution in [0.4, 0.5) is 0 Å². The maximum atomic E-state index is 12.3. The fraction of sp³-hybridized carbons (Fsp3) is 0.222. The lowest BCUT2D eigenvalue weighted by Gasteiger charge is -2.16. The average Bonchev–Trinajstić information content (AvgIpc) is 3.11. The molecule has 0 saturated heterocycles. The van der Waals surface area contributed by atoms with Crippen LogP contribution in [0.25, 0.3) is 0 Å². The highest BCUT2D eigenvalue weighted by Gasteiger charge is 2.22. The first kappa shape index (κ1) is 18.5. The van der Waals surface area contributed by atoms with Gasteiger partial charge in [0.2, 0.25) is 12.7 Å². The standard InChI is InChI=1S/C18H17IN2O5/c19-13-3-1-2-11(6-13)8-20-18(24)14(9-22)21-17(23)12-4-5-15-16(7-12)26-10-25-15/h1-7,14,22H,8-10H2,(H,20,24)(H,21,23)/t14-/m0/s1. The van der Waals surface area contributed by atoms with Gasteiger partial charge in [0.25, 0.3) is 5.91 Å². The summed E-state index contributed by atoms with van der Waals surface area (Å²) in [5.41, 5.74) is 1.25. The minimum atomic E-state index is -1.05. The molecule has 0 radical (unpaired) electrons. The first-order chi connectivity index (χ1) is 12.6. The monoisotopic (exact) mass is 468 g/mol. The molecule has 1 heterocycles. The lowest BCUT2D eigenvalue weighted by molar-refractivity contribution is -0.124. The van der Waals surface area contributed by atoms with Crippen LogP contribution in [0.15, 0.2) is 42.5 Å². The van der Waals surface area contributed by atoms with E-state index in [4.69, 9.17) is 9.47 Å². The van der Waals surface area contributed by atoms with E-state index >= 15 is 0 Å². The predicted molar refractivity (Wildman–Crippen MR) is 102 cm³/mol. The van der Waals surface area contributed by atoms with Crippen LogP contribution in [0.5, 0.6) is 11.5 Å². The summed E-state index contributed by atoms with van der Waals surface area (Å²) in [7, 11) is 0. The number of hydrogen-bond donors (Lipinski definition) is 3. The predicted octanol–water partition coefficient (Wildman–Crippen LogP) is 1.43. The molecule has 0 fully saturated rings. The van der Waals surface area contributed by atoms with Gasteiger partial charge in [-0.2, -0.15) is 0 Å². The van der Waals surface area contributed by atoms with Crippen molar-refractivity contribution >= 4 is 34.4 Å². The smallest absolute Gasteiger partial charge is 0.252 e. The minimum absolute atomic E-state index is 0.112. The number of hydrogen-bond acceptors (Lipinski definition) is 5. The van der Waals surface area contributed by atoms with Gasteiger partial charge in [0.1, 0.15) is 6.04 Å². The van der Waals surface area contributed by atoms with Crippen molar-refractivity contribution in [1.29, 1.82) is 0 Å². The number of aliphatic hydroxyl groups excluding tert-OH is 1. The van der Waals surface area contributed by atoms with Gasteiger partial charge in [-0.15, -0.1) is 0 Å². The van der Waals surface area contributed by atoms with Crippen LogP contribution in [-0.4, -0.2) is 36.4 Å². The molecule has 0 aromatic heterocycles. The summed E-state index contributed by atoms with van der Waals surface area (Å²) < 4.78 is 11.5. The molecule has 2 aromatic carbocycles. The van der Waals surface area contributed by atoms with Gasteiger partial charge < -0.3 is 25.2 Å². The van der Waals surface area contributed by atoms with Gasteiger partial charge in [-0.1, -0.05) is 12.1 Å². The van der Waals surface area contributed by atoms with Gasteiger partial charge >= 0.3 is 0 Å². The number of ether oxygens (including phenoxy) is 2. The van der Waals surface area contributed by atoms with Gasteiger partial charge in [-0.25, -0.2) is 0 Å². The van der Waals surface area contributed by atoms with Crippen molar-refractivity contribution < 1.29 is 24.2 Å². The lowest BCUT2D eigenvalue weighted by atomic mass is 10.1. The van der Waals surface area contributed by atoms with Gasteiger partial charge in [0.05, 0.1) is 6.61 Å². The van der Waals surface area contributed by atoms with Crippen LogP contribution in [0.3, 0.4) is 0 Å². The molecule has 0 bridgehead atoms. The molecule has 1 aliphatic heterocycles. The van der Waals surface area contributed by atoms with E-state index in [9.17, 15) is 14.7 Å². The van der Waals surface area contributed by atoms with Crippen molar-refractivity contribution in [2.45, 2.75) is 12.6 Å². The van der Waals surface area contributed by atoms with Crippen molar-refractivity contribution in [3.05, 3.63) is 57.2 Å². The first-order valence-electron chi connectivity index (χ1n) is 7.90. The molecule has 136 valence electrons. The third-order valence-corrected chi connectivity index (χ3v) is 4.47. The number of amides is 2. The highest BCUT2D eigenvalue weighted by atomic mass is 127. The maximum absolute atomic E-state index is 12.3. The van der Waals surface area contributed by atoms with Crippen molar-refractivity contribution in [1.82, 2.24) is 10.6 Å². The number of nitrogens with one attached hydrogen (secondary N) is 2. The molecule has 0 spiro atoms. The zero-order chi connectivity index (χ0) is 18.5. The molecular weight excluding hydrogens is 451 g/mol. The molecule has 3 N–H and O–H groups in total. The zero-order valence-corrected chi connectivity index (χ0v) is 15.9. The Balaban J connectivity index is 1.59. The summed E-state index contributed by atoms with van der Waals surface area (Å²) in [5.74, 6) is 0.101. The van der Waals surface area contributed by atoms with Gasteiger partial charge in [0, 0.05) is 15.7 Å². The number of carbonyl (C=O) groups excluding carboxylic acids is 2. The first-order valence-corrected chi connectivity index (χ1v) is 8.98. The molecule has 26 heavy (non-hydrogen) atoms. The van der Waals surface area contributed by atoms with E-state index in [1.807, 2.05) is 24.3 Å². The van der Waals surface area contributed by atoms with E-state index in [1.54, 1.807) is 12.1 Å². The summed E-state index contributed by atoms with van der Waals surface area (Å²) in [6.07, 6.45) is 0. The van der Waals surface area contributed by atoms with Gasteiger partial charge in [0.15, 0.2) is 11.5 Å². The van der Waals surface area contributed by atoms with E-state index in [2.05, 4.69) is 33.2 Å². The van der Waals surface area contributed by atoms with E-state index in [1.165, 1.54) is 6.07 Å². The van der Waals surface area contributed by atoms with Crippen LogP contribution < -0.4 is 20.1 Å². The second kappa shape index (κ2) is 8.37. The van der Waals surface area contributed by atoms with E-state index in [0.717, 1.165) is 9.13 Å². The fourth-order valence-corrected chi connectivity index (χ4v) is 3.04. The fourth-order valence-electron chi connectivity index (χ4n) is 2.43. The van der Waals surface area contributed by atoms with Crippen molar-refractivity contribution in [2.24, 2.45) is 0 Å². The summed E-state index contributed by atoms with van der Waals surface area (Å²) in [6, 6.07) is 11.4. The van der Waals surface area contributed by atoms with Crippen LogP contribution in [-0.2, 0) is 11.3 Å². The van der Waals surface area contributed by atoms with Gasteiger partial charge in [-0.05, 0) is 58.5 Å². The molecule has 1 atom stereocenters. The largest absolute Gasteiger partial charge is 0.454 e. The summed E-state index contributed by atoms with van der Waals surface area (Å²) in [5, 5.41) is 14.7. The normalized spacial score (nSPS) is 13.2. The maximum Gasteiger partial charge on any atom is 0.252 e. The Bertz CT molecular complexity index is 827. The Morgan fingerprint density at radius 3 is 2.73 bits per heavy atom. The van der Waals surface area contributed by atoms with Crippen LogP contribution >= 0.6 is 22.6 Å². The third-order valence-electron chi connectivity index (χ3n) is 3.79. The lowest BCUT2D eigenvalue weighted by Crippen LogP contribution is -2.48. The molecule has 7 nitrogen and oxygen atoms in total. The Kier molecular flexibility index (Phi) is 5.94. The zero-order valence-electron chi connectivity index (χ0n) is 13.7. The average molecular weight is 468 g/mol. The molecule has 0 saturated carbocycles. The molecule has 2 amide bonds. The van der Waals surface area contributed by atoms with Crippen molar-refractivity contribution in [3.8, 4) is 11.5 Å². The third kappa shape index (κ3) is 4.44. The molecule has 3 rings (SSSR count). The Labute approximate surface area is 163 Å². The number of carbonyl (C=O) groups is 2. The SMILES string of the molecule is O=C(N[C@@H](CO)C(=O)NCc1cccc(I)c1)c1ccc2c(c1)OCO2. The molecular formula is C18H17IN2O5. The molecule has 0 unspecified atom stereocenters. The summed E-state index contributed by atoms with van der Waals surface area (Å²) >= 11 is 2.19. The number of rotatable bonds is 6. The molecule has 0 aliphatic carbocycles. The van der Waals surface area contributed by atoms with E-state index < -0.39 is 24.5 Å². The molecule has 1 aliphatic rings. The van der Waals surface area contributed by atoms with Crippen LogP contribution in [0, 0.1) is 3.57 Å². The number of benzene rings is 2. The molecule has 2 aromatic rings. The van der Waals surface area contributed by atoms with Crippen molar-refractivity contribution in [3.63, 3.8) is 0 Å². The highest BCUT2D eigenvalue weighted by Crippen LogP contribution is 2.32. The Morgan fingerprint density at radius 1 is 1.15 bits per heavy atom. The number of fused-ring (bicyclic) bond motifs is 1. The quantitative estimate of drug-likeness (QED) is 0.558. The Hall–Kier alpha value is -2.33. The van der Waals surface area contributed by atoms with E-state index in [-0.39, 0.29) is 6.79 Å².